The fraction of sp³-hybridized carbons (Fsp3) is 0.102. The molecule has 54 heavy (non-hydrogen) atoms. The number of pyridine rings is 2. The minimum Gasteiger partial charge on any atom is -0.314 e. The van der Waals surface area contributed by atoms with Crippen LogP contribution in [0.25, 0.3) is 61.3 Å². The van der Waals surface area contributed by atoms with Crippen molar-refractivity contribution >= 4 is 50.2 Å². The molecule has 4 heterocycles. The lowest BCUT2D eigenvalue weighted by Crippen LogP contribution is -2.21. The van der Waals surface area contributed by atoms with Crippen LogP contribution in [0.3, 0.4) is 0 Å². The number of hydrogen-bond donors (Lipinski definition) is 0. The van der Waals surface area contributed by atoms with E-state index in [1.54, 1.807) is 0 Å². The highest BCUT2D eigenvalue weighted by Crippen LogP contribution is 2.51. The third-order valence-corrected chi connectivity index (χ3v) is 11.8. The smallest absolute Gasteiger partial charge is 0.0724 e. The number of hydrogen-bond acceptors (Lipinski definition) is 3. The second-order valence-corrected chi connectivity index (χ2v) is 15.1. The highest BCUT2D eigenvalue weighted by molar-refractivity contribution is 6.10. The average Bonchev–Trinajstić information content (AvgIpc) is 3.81. The van der Waals surface area contributed by atoms with Crippen LogP contribution in [-0.2, 0) is 11.8 Å². The van der Waals surface area contributed by atoms with Crippen LogP contribution in [0.15, 0.2) is 164 Å². The van der Waals surface area contributed by atoms with Crippen LogP contribution >= 0.6 is 0 Å². The van der Waals surface area contributed by atoms with Crippen LogP contribution in [0, 0.1) is 0 Å². The first kappa shape index (κ1) is 30.9. The zero-order valence-corrected chi connectivity index (χ0v) is 30.2. The molecule has 5 aromatic carbocycles. The van der Waals surface area contributed by atoms with Crippen molar-refractivity contribution in [2.45, 2.75) is 32.1 Å². The van der Waals surface area contributed by atoms with Gasteiger partial charge in [-0.1, -0.05) is 80.6 Å². The molecular formula is C49H37N5. The zero-order valence-electron chi connectivity index (χ0n) is 30.2. The molecule has 11 rings (SSSR count). The number of aryl methyl sites for hydroxylation is 1. The number of anilines is 2. The van der Waals surface area contributed by atoms with E-state index in [0.717, 1.165) is 46.5 Å². The summed E-state index contributed by atoms with van der Waals surface area (Å²) in [5.41, 5.74) is 17.1. The van der Waals surface area contributed by atoms with Crippen LogP contribution in [-0.4, -0.2) is 19.1 Å². The number of fused-ring (bicyclic) bond motifs is 9. The van der Waals surface area contributed by atoms with E-state index in [0.29, 0.717) is 0 Å². The summed E-state index contributed by atoms with van der Waals surface area (Å²) in [5, 5.41) is 3.66. The van der Waals surface area contributed by atoms with Gasteiger partial charge in [0.2, 0.25) is 0 Å². The molecule has 0 fully saturated rings. The Labute approximate surface area is 314 Å². The summed E-state index contributed by atoms with van der Waals surface area (Å²) in [6, 6.07) is 48.6. The van der Waals surface area contributed by atoms with Gasteiger partial charge >= 0.3 is 0 Å². The Bertz CT molecular complexity index is 2970. The molecule has 0 spiro atoms. The van der Waals surface area contributed by atoms with Crippen molar-refractivity contribution in [3.8, 4) is 22.5 Å². The Morgan fingerprint density at radius 1 is 0.537 bits per heavy atom. The van der Waals surface area contributed by atoms with Crippen LogP contribution < -0.4 is 4.90 Å². The van der Waals surface area contributed by atoms with E-state index >= 15 is 0 Å². The molecule has 0 aliphatic heterocycles. The Kier molecular flexibility index (Phi) is 6.65. The maximum atomic E-state index is 4.58. The van der Waals surface area contributed by atoms with Crippen molar-refractivity contribution in [2.75, 3.05) is 4.90 Å². The van der Waals surface area contributed by atoms with E-state index in [1.165, 1.54) is 61.1 Å². The summed E-state index contributed by atoms with van der Waals surface area (Å²) in [6.45, 7) is 4.73. The zero-order chi connectivity index (χ0) is 36.0. The molecule has 0 unspecified atom stereocenters. The summed E-state index contributed by atoms with van der Waals surface area (Å²) in [5.74, 6) is 0. The number of para-hydroxylation sites is 2. The van der Waals surface area contributed by atoms with Crippen molar-refractivity contribution in [3.63, 3.8) is 0 Å². The van der Waals surface area contributed by atoms with Gasteiger partial charge in [0.25, 0.3) is 0 Å². The fourth-order valence-electron chi connectivity index (χ4n) is 9.31. The first-order valence-corrected chi connectivity index (χ1v) is 18.8. The van der Waals surface area contributed by atoms with Gasteiger partial charge in [-0.15, -0.1) is 0 Å². The number of benzene rings is 5. The quantitative estimate of drug-likeness (QED) is 0.180. The first-order valence-electron chi connectivity index (χ1n) is 18.8. The first-order chi connectivity index (χ1) is 26.6. The summed E-state index contributed by atoms with van der Waals surface area (Å²) in [7, 11) is 0. The van der Waals surface area contributed by atoms with Crippen molar-refractivity contribution in [1.29, 1.82) is 0 Å². The molecule has 0 saturated heterocycles. The largest absolute Gasteiger partial charge is 0.314 e. The summed E-state index contributed by atoms with van der Waals surface area (Å²) >= 11 is 0. The number of nitrogens with zero attached hydrogens (tertiary/aromatic N) is 5. The SMILES string of the molecule is CC1(C)c2ccccc2-c2ccc(N(C3=Cc4c(c5ccncc5n4-c4ccccc4)CC3)c3ccc4c(c3)c3ccncc3n4-c3ccccc3)cc21. The van der Waals surface area contributed by atoms with Crippen LogP contribution in [0.1, 0.15) is 42.7 Å². The highest BCUT2D eigenvalue weighted by atomic mass is 15.2. The summed E-state index contributed by atoms with van der Waals surface area (Å²) < 4.78 is 4.72. The number of aromatic nitrogens is 4. The molecule has 0 atom stereocenters. The van der Waals surface area contributed by atoms with Crippen LogP contribution in [0.2, 0.25) is 0 Å². The highest BCUT2D eigenvalue weighted by Gasteiger charge is 2.36. The van der Waals surface area contributed by atoms with Gasteiger partial charge in [0, 0.05) is 62.4 Å². The molecule has 9 aromatic rings. The number of rotatable bonds is 5. The lowest BCUT2D eigenvalue weighted by atomic mass is 9.82. The second-order valence-electron chi connectivity index (χ2n) is 15.1. The van der Waals surface area contributed by atoms with Gasteiger partial charge in [0.1, 0.15) is 0 Å². The minimum atomic E-state index is -0.117. The Balaban J connectivity index is 1.16. The maximum absolute atomic E-state index is 4.58. The minimum absolute atomic E-state index is 0.117. The predicted octanol–water partition coefficient (Wildman–Crippen LogP) is 11.9. The van der Waals surface area contributed by atoms with E-state index < -0.39 is 0 Å². The molecule has 2 aliphatic rings. The Hall–Kier alpha value is -6.72. The normalized spacial score (nSPS) is 14.2. The molecule has 0 radical (unpaired) electrons. The maximum Gasteiger partial charge on any atom is 0.0724 e. The van der Waals surface area contributed by atoms with Crippen molar-refractivity contribution in [3.05, 3.63) is 186 Å². The van der Waals surface area contributed by atoms with Crippen LogP contribution in [0.4, 0.5) is 11.4 Å². The topological polar surface area (TPSA) is 38.9 Å². The predicted molar refractivity (Wildman–Crippen MR) is 222 cm³/mol. The molecule has 0 bridgehead atoms. The van der Waals surface area contributed by atoms with Gasteiger partial charge in [-0.05, 0) is 113 Å². The summed E-state index contributed by atoms with van der Waals surface area (Å²) in [6.07, 6.45) is 12.1. The van der Waals surface area contributed by atoms with Crippen molar-refractivity contribution < 1.29 is 0 Å². The van der Waals surface area contributed by atoms with E-state index in [9.17, 15) is 0 Å². The standard InChI is InChI=1S/C49H37N5/c1-49(2)43-16-10-9-15-37(43)38-20-17-35(28-44(38)49)52(34-19-22-45-42(27-34)41-24-26-51-31-48(41)53(45)32-11-5-3-6-12-32)36-18-21-39-40-23-25-50-30-47(40)54(46(39)29-36)33-13-7-4-8-14-33/h3-17,19-20,22-31H,18,21H2,1-2H3. The molecule has 4 aromatic heterocycles. The monoisotopic (exact) mass is 695 g/mol. The van der Waals surface area contributed by atoms with E-state index in [-0.39, 0.29) is 5.41 Å². The second kappa shape index (κ2) is 11.6. The average molecular weight is 696 g/mol. The molecule has 0 saturated carbocycles. The van der Waals surface area contributed by atoms with Gasteiger partial charge in [-0.3, -0.25) is 9.97 Å². The fourth-order valence-corrected chi connectivity index (χ4v) is 9.31. The number of allylic oxidation sites excluding steroid dienone is 1. The third kappa shape index (κ3) is 4.45. The molecular weight excluding hydrogens is 659 g/mol. The van der Waals surface area contributed by atoms with Gasteiger partial charge in [-0.2, -0.15) is 0 Å². The van der Waals surface area contributed by atoms with Gasteiger partial charge in [0.05, 0.1) is 34.6 Å². The Morgan fingerprint density at radius 2 is 1.17 bits per heavy atom. The van der Waals surface area contributed by atoms with E-state index in [2.05, 4.69) is 177 Å². The molecule has 5 nitrogen and oxygen atoms in total. The molecule has 0 amide bonds. The summed E-state index contributed by atoms with van der Waals surface area (Å²) in [4.78, 5) is 11.7. The third-order valence-electron chi connectivity index (χ3n) is 11.8. The lowest BCUT2D eigenvalue weighted by Gasteiger charge is -2.32. The van der Waals surface area contributed by atoms with E-state index in [1.807, 2.05) is 24.8 Å². The molecule has 5 heteroatoms. The van der Waals surface area contributed by atoms with E-state index in [4.69, 9.17) is 0 Å². The molecule has 0 N–H and O–H groups in total. The Morgan fingerprint density at radius 3 is 1.94 bits per heavy atom. The lowest BCUT2D eigenvalue weighted by molar-refractivity contribution is 0.660. The van der Waals surface area contributed by atoms with Gasteiger partial charge < -0.3 is 14.0 Å². The van der Waals surface area contributed by atoms with Gasteiger partial charge in [0.15, 0.2) is 0 Å². The van der Waals surface area contributed by atoms with Gasteiger partial charge in [-0.25, -0.2) is 0 Å². The molecule has 2 aliphatic carbocycles. The van der Waals surface area contributed by atoms with Crippen molar-refractivity contribution in [1.82, 2.24) is 19.1 Å². The van der Waals surface area contributed by atoms with Crippen LogP contribution in [0.5, 0.6) is 0 Å². The van der Waals surface area contributed by atoms with Crippen molar-refractivity contribution in [2.24, 2.45) is 0 Å². The molecule has 258 valence electrons.